The summed E-state index contributed by atoms with van der Waals surface area (Å²) in [6.07, 6.45) is 2.31. The number of halogens is 1. The first-order valence-corrected chi connectivity index (χ1v) is 11.5. The molecule has 56 valence electrons. The van der Waals surface area contributed by atoms with E-state index in [1.54, 1.807) is 0 Å². The number of hydrogen-bond donors (Lipinski definition) is 0. The molecule has 0 aromatic heterocycles. The van der Waals surface area contributed by atoms with Crippen LogP contribution in [0.3, 0.4) is 0 Å². The molecule has 10 heavy (non-hydrogen) atoms. The zero-order valence-corrected chi connectivity index (χ0v) is 10.0. The predicted octanol–water partition coefficient (Wildman–Crippen LogP) is 1.33. The first-order chi connectivity index (χ1) is 4.85. The van der Waals surface area contributed by atoms with Crippen LogP contribution in [0.1, 0.15) is 12.8 Å². The fourth-order valence-electron chi connectivity index (χ4n) is 1.50. The van der Waals surface area contributed by atoms with Gasteiger partial charge < -0.3 is 0 Å². The fourth-order valence-corrected chi connectivity index (χ4v) is 5.89. The molecule has 2 fully saturated rings. The molecule has 0 atom stereocenters. The van der Waals surface area contributed by atoms with Gasteiger partial charge in [0.25, 0.3) is 0 Å². The molecule has 2 nitrogen and oxygen atoms in total. The molecule has 0 N–H and O–H groups in total. The van der Waals surface area contributed by atoms with Crippen LogP contribution >= 0.6 is 12.7 Å². The summed E-state index contributed by atoms with van der Waals surface area (Å²) in [5.41, 5.74) is 0. The molecule has 1 spiro atoms. The van der Waals surface area contributed by atoms with Crippen LogP contribution in [0.4, 0.5) is 0 Å². The topological polar surface area (TPSA) is 18.5 Å². The van der Waals surface area contributed by atoms with Gasteiger partial charge in [0.1, 0.15) is 0 Å². The molecule has 2 rings (SSSR count). The summed E-state index contributed by atoms with van der Waals surface area (Å²) in [6, 6.07) is 0. The number of rotatable bonds is 1. The van der Waals surface area contributed by atoms with Gasteiger partial charge in [0, 0.05) is 0 Å². The Kier molecular flexibility index (Phi) is 2.28. The Hall–Kier alpha value is 1.20. The molecule has 0 amide bonds. The van der Waals surface area contributed by atoms with Gasteiger partial charge in [0.2, 0.25) is 0 Å². The van der Waals surface area contributed by atoms with Crippen LogP contribution in [0.25, 0.3) is 0 Å². The van der Waals surface area contributed by atoms with Crippen molar-refractivity contribution in [2.24, 2.45) is 0 Å². The molecule has 0 aromatic rings. The molecule has 0 aromatic carbocycles. The molecule has 0 bridgehead atoms. The van der Waals surface area contributed by atoms with Gasteiger partial charge >= 0.3 is 76.9 Å². The molecule has 4 heteroatoms. The third-order valence-corrected chi connectivity index (χ3v) is 8.47. The zero-order valence-electron chi connectivity index (χ0n) is 5.60. The summed E-state index contributed by atoms with van der Waals surface area (Å²) >= 11 is 3.39. The van der Waals surface area contributed by atoms with Gasteiger partial charge in [-0.05, 0) is 0 Å². The first kappa shape index (κ1) is 7.83. The zero-order chi connectivity index (χ0) is 7.03. The molecular formula is C6H9BrO2Sn. The van der Waals surface area contributed by atoms with Crippen LogP contribution in [0.5, 0.6) is 0 Å². The number of hydrogen-bond acceptors (Lipinski definition) is 2. The molecule has 1 saturated heterocycles. The Morgan fingerprint density at radius 1 is 1.30 bits per heavy atom. The summed E-state index contributed by atoms with van der Waals surface area (Å²) in [6.45, 7) is 1.61. The minimum atomic E-state index is -0.221. The standard InChI is InChI=1S/C6H9O2.BrH.Sn/c1-2-6(3-1)7-4-5-8-6;;/h1H,2-5H2;1H;/q;;+1/p-1. The van der Waals surface area contributed by atoms with E-state index in [1.807, 2.05) is 0 Å². The Morgan fingerprint density at radius 2 is 1.90 bits per heavy atom. The molecule has 2 aliphatic rings. The Bertz CT molecular complexity index is 128. The van der Waals surface area contributed by atoms with E-state index in [2.05, 4.69) is 12.7 Å². The van der Waals surface area contributed by atoms with Crippen LogP contribution in [-0.4, -0.2) is 37.9 Å². The van der Waals surface area contributed by atoms with Crippen molar-refractivity contribution in [3.05, 3.63) is 0 Å². The summed E-state index contributed by atoms with van der Waals surface area (Å²) < 4.78 is 11.9. The van der Waals surface area contributed by atoms with Crippen molar-refractivity contribution in [2.75, 3.05) is 13.2 Å². The fraction of sp³-hybridized carbons (Fsp3) is 1.00. The van der Waals surface area contributed by atoms with Gasteiger partial charge in [-0.15, -0.1) is 0 Å². The third kappa shape index (κ3) is 1.25. The van der Waals surface area contributed by atoms with E-state index in [-0.39, 0.29) is 24.7 Å². The second-order valence-electron chi connectivity index (χ2n) is 2.82. The predicted molar refractivity (Wildman–Crippen MR) is 42.3 cm³/mol. The van der Waals surface area contributed by atoms with E-state index in [1.165, 1.54) is 0 Å². The number of ether oxygens (including phenoxy) is 2. The van der Waals surface area contributed by atoms with Gasteiger partial charge in [-0.2, -0.15) is 0 Å². The maximum absolute atomic E-state index is 5.49. The van der Waals surface area contributed by atoms with Crippen LogP contribution in [-0.2, 0) is 9.47 Å². The van der Waals surface area contributed by atoms with Crippen molar-refractivity contribution in [2.45, 2.75) is 22.6 Å². The van der Waals surface area contributed by atoms with Gasteiger partial charge in [-0.25, -0.2) is 0 Å². The summed E-state index contributed by atoms with van der Waals surface area (Å²) in [5, 5.41) is 0. The third-order valence-electron chi connectivity index (χ3n) is 2.08. The van der Waals surface area contributed by atoms with E-state index in [9.17, 15) is 0 Å². The van der Waals surface area contributed by atoms with Crippen LogP contribution < -0.4 is 0 Å². The first-order valence-electron chi connectivity index (χ1n) is 3.49. The van der Waals surface area contributed by atoms with Crippen molar-refractivity contribution in [1.29, 1.82) is 0 Å². The average molecular weight is 312 g/mol. The van der Waals surface area contributed by atoms with E-state index < -0.39 is 0 Å². The van der Waals surface area contributed by atoms with E-state index >= 15 is 0 Å². The monoisotopic (exact) mass is 312 g/mol. The summed E-state index contributed by atoms with van der Waals surface area (Å²) in [4.78, 5) is 0. The normalized spacial score (nSPS) is 30.9. The van der Waals surface area contributed by atoms with Crippen LogP contribution in [0, 0.1) is 0 Å². The molecule has 1 aliphatic heterocycles. The molecule has 0 unspecified atom stereocenters. The Balaban J connectivity index is 1.86. The molecule has 2 radical (unpaired) electrons. The van der Waals surface area contributed by atoms with Crippen molar-refractivity contribution in [3.63, 3.8) is 0 Å². The van der Waals surface area contributed by atoms with Crippen molar-refractivity contribution in [1.82, 2.24) is 0 Å². The molecule has 1 heterocycles. The van der Waals surface area contributed by atoms with E-state index in [4.69, 9.17) is 9.47 Å². The van der Waals surface area contributed by atoms with Crippen molar-refractivity contribution >= 4 is 31.6 Å². The quantitative estimate of drug-likeness (QED) is 0.680. The second kappa shape index (κ2) is 2.92. The van der Waals surface area contributed by atoms with Gasteiger partial charge in [-0.3, -0.25) is 0 Å². The van der Waals surface area contributed by atoms with E-state index in [0.717, 1.165) is 30.0 Å². The van der Waals surface area contributed by atoms with Gasteiger partial charge in [0.05, 0.1) is 0 Å². The van der Waals surface area contributed by atoms with Gasteiger partial charge in [-0.1, -0.05) is 0 Å². The van der Waals surface area contributed by atoms with Crippen LogP contribution in [0.2, 0.25) is 3.93 Å². The van der Waals surface area contributed by atoms with Crippen molar-refractivity contribution in [3.8, 4) is 0 Å². The molecule has 1 aliphatic carbocycles. The maximum atomic E-state index is 5.49. The summed E-state index contributed by atoms with van der Waals surface area (Å²) in [5.74, 6) is -0.0979. The van der Waals surface area contributed by atoms with Gasteiger partial charge in [0.15, 0.2) is 0 Å². The van der Waals surface area contributed by atoms with Crippen LogP contribution in [0.15, 0.2) is 0 Å². The van der Waals surface area contributed by atoms with E-state index in [0.29, 0.717) is 0 Å². The Labute approximate surface area is 76.6 Å². The minimum absolute atomic E-state index is 0.0979. The average Bonchev–Trinajstić information content (AvgIpc) is 2.30. The molecular weight excluding hydrogens is 303 g/mol. The molecule has 1 saturated carbocycles. The SMILES string of the molecule is [Br][Sn][CH]1CC2(C1)OCCO2. The second-order valence-corrected chi connectivity index (χ2v) is 8.85. The summed E-state index contributed by atoms with van der Waals surface area (Å²) in [7, 11) is 0. The Morgan fingerprint density at radius 3 is 2.40 bits per heavy atom. The van der Waals surface area contributed by atoms with Crippen molar-refractivity contribution < 1.29 is 9.47 Å².